The second-order valence-corrected chi connectivity index (χ2v) is 8.67. The molecule has 1 N–H and O–H groups in total. The molecule has 33 heavy (non-hydrogen) atoms. The number of fused-ring (bicyclic) bond motifs is 1. The molecule has 3 aromatic rings. The first kappa shape index (κ1) is 24.6. The van der Waals surface area contributed by atoms with E-state index >= 15 is 0 Å². The van der Waals surface area contributed by atoms with Crippen LogP contribution in [0.5, 0.6) is 5.75 Å². The minimum absolute atomic E-state index is 0.112. The molecule has 0 fully saturated rings. The monoisotopic (exact) mass is 463 g/mol. The smallest absolute Gasteiger partial charge is 0.422 e. The lowest BCUT2D eigenvalue weighted by Gasteiger charge is -2.36. The summed E-state index contributed by atoms with van der Waals surface area (Å²) in [6.07, 6.45) is -4.00. The van der Waals surface area contributed by atoms with Crippen LogP contribution in [0.25, 0.3) is 10.9 Å². The predicted molar refractivity (Wildman–Crippen MR) is 119 cm³/mol. The fourth-order valence-electron chi connectivity index (χ4n) is 3.90. The SMILES string of the molecule is COc1c(C)cccc1C(C)(C)CC(O)(/C=N/c1cc(F)cc2nc(C)ncc12)C(F)(F)F. The van der Waals surface area contributed by atoms with Crippen molar-refractivity contribution in [2.24, 2.45) is 4.99 Å². The van der Waals surface area contributed by atoms with Crippen molar-refractivity contribution in [3.05, 3.63) is 59.3 Å². The summed E-state index contributed by atoms with van der Waals surface area (Å²) in [6.45, 7) is 6.57. The summed E-state index contributed by atoms with van der Waals surface area (Å²) in [5, 5.41) is 11.1. The summed E-state index contributed by atoms with van der Waals surface area (Å²) in [7, 11) is 1.44. The highest BCUT2D eigenvalue weighted by molar-refractivity contribution is 5.91. The second kappa shape index (κ2) is 8.70. The van der Waals surface area contributed by atoms with Crippen molar-refractivity contribution in [3.63, 3.8) is 0 Å². The van der Waals surface area contributed by atoms with Gasteiger partial charge in [0, 0.05) is 35.5 Å². The molecule has 0 radical (unpaired) electrons. The summed E-state index contributed by atoms with van der Waals surface area (Å²) in [5.41, 5.74) is -3.09. The maximum Gasteiger partial charge on any atom is 0.422 e. The van der Waals surface area contributed by atoms with E-state index in [0.29, 0.717) is 23.4 Å². The largest absolute Gasteiger partial charge is 0.496 e. The summed E-state index contributed by atoms with van der Waals surface area (Å²) in [4.78, 5) is 12.0. The number of methoxy groups -OCH3 is 1. The van der Waals surface area contributed by atoms with Gasteiger partial charge in [-0.15, -0.1) is 0 Å². The Hall–Kier alpha value is -3.07. The molecule has 0 aliphatic carbocycles. The Morgan fingerprint density at radius 1 is 1.15 bits per heavy atom. The first-order chi connectivity index (χ1) is 15.3. The third-order valence-corrected chi connectivity index (χ3v) is 5.53. The van der Waals surface area contributed by atoms with Crippen LogP contribution >= 0.6 is 0 Å². The Bertz CT molecular complexity index is 1200. The molecular formula is C24H25F4N3O2. The molecule has 1 atom stereocenters. The van der Waals surface area contributed by atoms with E-state index in [1.807, 2.05) is 0 Å². The number of hydrogen-bond donors (Lipinski definition) is 1. The van der Waals surface area contributed by atoms with Gasteiger partial charge >= 0.3 is 6.18 Å². The molecule has 9 heteroatoms. The van der Waals surface area contributed by atoms with Crippen molar-refractivity contribution in [3.8, 4) is 5.75 Å². The van der Waals surface area contributed by atoms with Crippen molar-refractivity contribution >= 4 is 22.8 Å². The molecule has 0 bridgehead atoms. The van der Waals surface area contributed by atoms with Crippen LogP contribution in [0.3, 0.4) is 0 Å². The van der Waals surface area contributed by atoms with Crippen LogP contribution in [0.15, 0.2) is 41.5 Å². The minimum atomic E-state index is -5.04. The lowest BCUT2D eigenvalue weighted by atomic mass is 9.74. The van der Waals surface area contributed by atoms with Gasteiger partial charge in [0.05, 0.1) is 18.3 Å². The molecule has 1 heterocycles. The van der Waals surface area contributed by atoms with Gasteiger partial charge in [-0.2, -0.15) is 13.2 Å². The van der Waals surface area contributed by atoms with E-state index < -0.39 is 29.4 Å². The van der Waals surface area contributed by atoms with Gasteiger partial charge in [0.1, 0.15) is 17.4 Å². The van der Waals surface area contributed by atoms with E-state index in [4.69, 9.17) is 4.74 Å². The molecule has 0 aliphatic heterocycles. The molecule has 2 aromatic carbocycles. The zero-order valence-electron chi connectivity index (χ0n) is 19.0. The predicted octanol–water partition coefficient (Wildman–Crippen LogP) is 5.76. The van der Waals surface area contributed by atoms with Gasteiger partial charge < -0.3 is 9.84 Å². The number of halogens is 4. The van der Waals surface area contributed by atoms with Gasteiger partial charge in [0.25, 0.3) is 0 Å². The summed E-state index contributed by atoms with van der Waals surface area (Å²) < 4.78 is 61.7. The lowest BCUT2D eigenvalue weighted by molar-refractivity contribution is -0.234. The maximum absolute atomic E-state index is 14.1. The fraction of sp³-hybridized carbons (Fsp3) is 0.375. The van der Waals surface area contributed by atoms with Gasteiger partial charge in [-0.1, -0.05) is 32.0 Å². The molecule has 5 nitrogen and oxygen atoms in total. The van der Waals surface area contributed by atoms with Gasteiger partial charge in [0.15, 0.2) is 5.60 Å². The number of alkyl halides is 3. The number of aliphatic imine (C=N–C) groups is 1. The third-order valence-electron chi connectivity index (χ3n) is 5.53. The Kier molecular flexibility index (Phi) is 6.48. The number of ether oxygens (including phenoxy) is 1. The van der Waals surface area contributed by atoms with Crippen LogP contribution in [0, 0.1) is 19.7 Å². The molecule has 176 valence electrons. The van der Waals surface area contributed by atoms with E-state index in [9.17, 15) is 22.7 Å². The Labute approximate surface area is 189 Å². The van der Waals surface area contributed by atoms with E-state index in [0.717, 1.165) is 17.7 Å². The molecule has 1 unspecified atom stereocenters. The number of hydrogen-bond acceptors (Lipinski definition) is 5. The highest BCUT2D eigenvalue weighted by Crippen LogP contribution is 2.44. The number of aryl methyl sites for hydroxylation is 2. The van der Waals surface area contributed by atoms with E-state index in [2.05, 4.69) is 15.0 Å². The van der Waals surface area contributed by atoms with Crippen molar-refractivity contribution in [1.29, 1.82) is 0 Å². The summed E-state index contributed by atoms with van der Waals surface area (Å²) in [5.74, 6) is 0.115. The number of aliphatic hydroxyl groups is 1. The normalized spacial score (nSPS) is 14.6. The van der Waals surface area contributed by atoms with Crippen molar-refractivity contribution in [2.45, 2.75) is 51.3 Å². The third kappa shape index (κ3) is 4.98. The van der Waals surface area contributed by atoms with Crippen LogP contribution in [0.4, 0.5) is 23.2 Å². The first-order valence-corrected chi connectivity index (χ1v) is 10.2. The molecule has 0 spiro atoms. The van der Waals surface area contributed by atoms with Crippen LogP contribution in [0.2, 0.25) is 0 Å². The summed E-state index contributed by atoms with van der Waals surface area (Å²) in [6, 6.07) is 7.29. The van der Waals surface area contributed by atoms with E-state index in [1.165, 1.54) is 13.3 Å². The van der Waals surface area contributed by atoms with Crippen LogP contribution in [-0.4, -0.2) is 40.2 Å². The number of rotatable bonds is 6. The molecular weight excluding hydrogens is 438 g/mol. The van der Waals surface area contributed by atoms with E-state index in [1.54, 1.807) is 45.9 Å². The number of nitrogens with zero attached hydrogens (tertiary/aromatic N) is 3. The topological polar surface area (TPSA) is 67.6 Å². The second-order valence-electron chi connectivity index (χ2n) is 8.67. The highest BCUT2D eigenvalue weighted by atomic mass is 19.4. The molecule has 0 saturated carbocycles. The van der Waals surface area contributed by atoms with Crippen LogP contribution in [-0.2, 0) is 5.41 Å². The summed E-state index contributed by atoms with van der Waals surface area (Å²) >= 11 is 0. The van der Waals surface area contributed by atoms with Crippen LogP contribution in [0.1, 0.15) is 37.2 Å². The molecule has 0 aliphatic rings. The zero-order chi connectivity index (χ0) is 24.6. The average molecular weight is 463 g/mol. The first-order valence-electron chi connectivity index (χ1n) is 10.2. The standard InChI is InChI=1S/C24H25F4N3O2/c1-14-7-6-8-18(21(14)33-5)22(3,4)12-23(32,24(26,27)28)13-30-19-9-16(25)10-20-17(19)11-29-15(2)31-20/h6-11,13,32H,12H2,1-5H3/b30-13+. The van der Waals surface area contributed by atoms with Crippen molar-refractivity contribution < 1.29 is 27.4 Å². The maximum atomic E-state index is 14.1. The van der Waals surface area contributed by atoms with Gasteiger partial charge in [0.2, 0.25) is 0 Å². The Morgan fingerprint density at radius 2 is 1.85 bits per heavy atom. The Balaban J connectivity index is 2.07. The zero-order valence-corrected chi connectivity index (χ0v) is 19.0. The molecule has 1 aromatic heterocycles. The lowest BCUT2D eigenvalue weighted by Crippen LogP contribution is -2.50. The van der Waals surface area contributed by atoms with Crippen LogP contribution < -0.4 is 4.74 Å². The van der Waals surface area contributed by atoms with Gasteiger partial charge in [-0.3, -0.25) is 4.99 Å². The quantitative estimate of drug-likeness (QED) is 0.373. The average Bonchev–Trinajstić information content (AvgIpc) is 2.70. The van der Waals surface area contributed by atoms with Gasteiger partial charge in [-0.25, -0.2) is 14.4 Å². The number of benzene rings is 2. The minimum Gasteiger partial charge on any atom is -0.496 e. The van der Waals surface area contributed by atoms with Crippen molar-refractivity contribution in [1.82, 2.24) is 9.97 Å². The molecule has 3 rings (SSSR count). The fourth-order valence-corrected chi connectivity index (χ4v) is 3.90. The van der Waals surface area contributed by atoms with Crippen molar-refractivity contribution in [2.75, 3.05) is 7.11 Å². The highest BCUT2D eigenvalue weighted by Gasteiger charge is 2.55. The molecule has 0 saturated heterocycles. The van der Waals surface area contributed by atoms with Gasteiger partial charge in [-0.05, 0) is 31.2 Å². The molecule has 0 amide bonds. The van der Waals surface area contributed by atoms with E-state index in [-0.39, 0.29) is 16.6 Å². The Morgan fingerprint density at radius 3 is 2.48 bits per heavy atom. The number of para-hydroxylation sites is 1. The number of aromatic nitrogens is 2.